The minimum atomic E-state index is -0.00110. The second kappa shape index (κ2) is 6.41. The van der Waals surface area contributed by atoms with Gasteiger partial charge in [-0.3, -0.25) is 0 Å². The Hall–Kier alpha value is -0.0800. The Morgan fingerprint density at radius 2 is 1.79 bits per heavy atom. The van der Waals surface area contributed by atoms with E-state index in [0.29, 0.717) is 0 Å². The molecule has 86 valence electrons. The van der Waals surface area contributed by atoms with Gasteiger partial charge in [0.2, 0.25) is 0 Å². The van der Waals surface area contributed by atoms with Gasteiger partial charge >= 0.3 is 0 Å². The lowest BCUT2D eigenvalue weighted by Crippen LogP contribution is -2.33. The molecule has 0 saturated carbocycles. The summed E-state index contributed by atoms with van der Waals surface area (Å²) >= 11 is 0. The molecule has 0 fully saturated rings. The zero-order chi connectivity index (χ0) is 11.2. The number of rotatable bonds is 7. The molecule has 0 radical (unpaired) electrons. The van der Waals surface area contributed by atoms with Crippen LogP contribution in [0.25, 0.3) is 0 Å². The fourth-order valence-electron chi connectivity index (χ4n) is 1.39. The first-order valence-electron chi connectivity index (χ1n) is 5.78. The first kappa shape index (κ1) is 13.9. The summed E-state index contributed by atoms with van der Waals surface area (Å²) in [6.07, 6.45) is 3.61. The number of nitrogens with two attached hydrogens (primary N) is 1. The highest BCUT2D eigenvalue weighted by Crippen LogP contribution is 2.08. The van der Waals surface area contributed by atoms with Crippen molar-refractivity contribution < 1.29 is 0 Å². The fraction of sp³-hybridized carbons (Fsp3) is 1.00. The monoisotopic (exact) mass is 200 g/mol. The molecule has 2 N–H and O–H groups in total. The molecule has 0 aliphatic heterocycles. The second-order valence-electron chi connectivity index (χ2n) is 5.58. The van der Waals surface area contributed by atoms with Gasteiger partial charge in [0.1, 0.15) is 0 Å². The van der Waals surface area contributed by atoms with Crippen molar-refractivity contribution >= 4 is 0 Å². The van der Waals surface area contributed by atoms with Crippen molar-refractivity contribution in [1.82, 2.24) is 4.90 Å². The molecule has 0 aromatic carbocycles. The second-order valence-corrected chi connectivity index (χ2v) is 5.58. The van der Waals surface area contributed by atoms with Crippen LogP contribution in [-0.2, 0) is 0 Å². The molecule has 14 heavy (non-hydrogen) atoms. The Bertz CT molecular complexity index is 136. The molecule has 2 heteroatoms. The standard InChI is InChI=1S/C12H28N2/c1-11(2)7-10-14(5)9-6-8-12(3,4)13/h11H,6-10,13H2,1-5H3. The lowest BCUT2D eigenvalue weighted by Gasteiger charge is -2.22. The molecule has 0 aliphatic rings. The van der Waals surface area contributed by atoms with Crippen LogP contribution in [0.3, 0.4) is 0 Å². The van der Waals surface area contributed by atoms with Gasteiger partial charge in [0.25, 0.3) is 0 Å². The number of hydrogen-bond acceptors (Lipinski definition) is 2. The maximum atomic E-state index is 5.93. The summed E-state index contributed by atoms with van der Waals surface area (Å²) in [5.41, 5.74) is 5.92. The third kappa shape index (κ3) is 10.0. The molecular weight excluding hydrogens is 172 g/mol. The molecule has 0 aromatic heterocycles. The highest BCUT2D eigenvalue weighted by molar-refractivity contribution is 4.71. The van der Waals surface area contributed by atoms with Crippen LogP contribution in [0.1, 0.15) is 47.0 Å². The lowest BCUT2D eigenvalue weighted by atomic mass is 10.00. The molecular formula is C12H28N2. The minimum absolute atomic E-state index is 0.00110. The van der Waals surface area contributed by atoms with E-state index in [-0.39, 0.29) is 5.54 Å². The largest absolute Gasteiger partial charge is 0.326 e. The van der Waals surface area contributed by atoms with E-state index < -0.39 is 0 Å². The summed E-state index contributed by atoms with van der Waals surface area (Å²) in [7, 11) is 2.20. The van der Waals surface area contributed by atoms with Gasteiger partial charge in [-0.05, 0) is 59.2 Å². The van der Waals surface area contributed by atoms with Gasteiger partial charge < -0.3 is 10.6 Å². The van der Waals surface area contributed by atoms with E-state index >= 15 is 0 Å². The summed E-state index contributed by atoms with van der Waals surface area (Å²) in [6.45, 7) is 11.1. The summed E-state index contributed by atoms with van der Waals surface area (Å²) in [5.74, 6) is 0.809. The van der Waals surface area contributed by atoms with Crippen LogP contribution >= 0.6 is 0 Å². The quantitative estimate of drug-likeness (QED) is 0.684. The topological polar surface area (TPSA) is 29.3 Å². The summed E-state index contributed by atoms with van der Waals surface area (Å²) in [5, 5.41) is 0. The SMILES string of the molecule is CC(C)CCN(C)CCCC(C)(C)N. The van der Waals surface area contributed by atoms with E-state index in [1.165, 1.54) is 25.9 Å². The van der Waals surface area contributed by atoms with E-state index in [4.69, 9.17) is 5.73 Å². The van der Waals surface area contributed by atoms with Gasteiger partial charge in [-0.25, -0.2) is 0 Å². The fourth-order valence-corrected chi connectivity index (χ4v) is 1.39. The normalized spacial score (nSPS) is 12.9. The molecule has 0 unspecified atom stereocenters. The van der Waals surface area contributed by atoms with Gasteiger partial charge in [0.15, 0.2) is 0 Å². The van der Waals surface area contributed by atoms with Gasteiger partial charge in [0, 0.05) is 5.54 Å². The van der Waals surface area contributed by atoms with E-state index in [9.17, 15) is 0 Å². The van der Waals surface area contributed by atoms with Crippen LogP contribution in [0, 0.1) is 5.92 Å². The Balaban J connectivity index is 3.40. The Morgan fingerprint density at radius 3 is 2.21 bits per heavy atom. The minimum Gasteiger partial charge on any atom is -0.326 e. The van der Waals surface area contributed by atoms with E-state index in [2.05, 4.69) is 39.6 Å². The molecule has 0 aromatic rings. The van der Waals surface area contributed by atoms with Gasteiger partial charge in [-0.1, -0.05) is 13.8 Å². The molecule has 0 rings (SSSR count). The van der Waals surface area contributed by atoms with Crippen molar-refractivity contribution in [2.45, 2.75) is 52.5 Å². The van der Waals surface area contributed by atoms with E-state index in [1.807, 2.05) is 0 Å². The zero-order valence-electron chi connectivity index (χ0n) is 10.6. The summed E-state index contributed by atoms with van der Waals surface area (Å²) < 4.78 is 0. The average molecular weight is 200 g/mol. The lowest BCUT2D eigenvalue weighted by molar-refractivity contribution is 0.292. The molecule has 0 aliphatic carbocycles. The summed E-state index contributed by atoms with van der Waals surface area (Å²) in [6, 6.07) is 0. The highest BCUT2D eigenvalue weighted by atomic mass is 15.1. The van der Waals surface area contributed by atoms with Gasteiger partial charge in [-0.15, -0.1) is 0 Å². The summed E-state index contributed by atoms with van der Waals surface area (Å²) in [4.78, 5) is 2.41. The maximum absolute atomic E-state index is 5.93. The molecule has 0 bridgehead atoms. The molecule has 0 amide bonds. The van der Waals surface area contributed by atoms with Crippen LogP contribution in [0.2, 0.25) is 0 Å². The van der Waals surface area contributed by atoms with Crippen LogP contribution in [0.15, 0.2) is 0 Å². The van der Waals surface area contributed by atoms with E-state index in [0.717, 1.165) is 12.3 Å². The third-order valence-electron chi connectivity index (χ3n) is 2.45. The smallest absolute Gasteiger partial charge is 0.00975 e. The molecule has 0 saturated heterocycles. The van der Waals surface area contributed by atoms with Crippen LogP contribution in [0.5, 0.6) is 0 Å². The number of hydrogen-bond donors (Lipinski definition) is 1. The molecule has 0 atom stereocenters. The molecule has 2 nitrogen and oxygen atoms in total. The first-order chi connectivity index (χ1) is 6.31. The van der Waals surface area contributed by atoms with Crippen molar-refractivity contribution in [3.05, 3.63) is 0 Å². The Kier molecular flexibility index (Phi) is 6.38. The molecule has 0 spiro atoms. The Labute approximate surface area is 89.9 Å². The first-order valence-corrected chi connectivity index (χ1v) is 5.78. The van der Waals surface area contributed by atoms with Gasteiger partial charge in [-0.2, -0.15) is 0 Å². The van der Waals surface area contributed by atoms with Crippen molar-refractivity contribution in [1.29, 1.82) is 0 Å². The maximum Gasteiger partial charge on any atom is 0.00975 e. The van der Waals surface area contributed by atoms with Crippen LogP contribution < -0.4 is 5.73 Å². The predicted molar refractivity (Wildman–Crippen MR) is 64.5 cm³/mol. The third-order valence-corrected chi connectivity index (χ3v) is 2.45. The van der Waals surface area contributed by atoms with Crippen molar-refractivity contribution in [3.8, 4) is 0 Å². The Morgan fingerprint density at radius 1 is 1.21 bits per heavy atom. The number of nitrogens with zero attached hydrogens (tertiary/aromatic N) is 1. The van der Waals surface area contributed by atoms with Crippen molar-refractivity contribution in [2.75, 3.05) is 20.1 Å². The van der Waals surface area contributed by atoms with Gasteiger partial charge in [0.05, 0.1) is 0 Å². The van der Waals surface area contributed by atoms with E-state index in [1.54, 1.807) is 0 Å². The van der Waals surface area contributed by atoms with Crippen LogP contribution in [0.4, 0.5) is 0 Å². The van der Waals surface area contributed by atoms with Crippen molar-refractivity contribution in [3.63, 3.8) is 0 Å². The highest BCUT2D eigenvalue weighted by Gasteiger charge is 2.10. The molecule has 0 heterocycles. The van der Waals surface area contributed by atoms with Crippen LogP contribution in [-0.4, -0.2) is 30.6 Å². The predicted octanol–water partition coefficient (Wildman–Crippen LogP) is 2.48. The van der Waals surface area contributed by atoms with Crippen molar-refractivity contribution in [2.24, 2.45) is 11.7 Å². The average Bonchev–Trinajstić information content (AvgIpc) is 1.98. The zero-order valence-corrected chi connectivity index (χ0v) is 10.6.